The number of hydrogen-bond donors (Lipinski definition) is 0. The van der Waals surface area contributed by atoms with Gasteiger partial charge in [-0.05, 0) is 36.1 Å². The summed E-state index contributed by atoms with van der Waals surface area (Å²) in [5.41, 5.74) is 4.76. The van der Waals surface area contributed by atoms with Gasteiger partial charge in [-0.25, -0.2) is 0 Å². The first-order valence-corrected chi connectivity index (χ1v) is 5.38. The molecule has 0 spiro atoms. The van der Waals surface area contributed by atoms with E-state index in [9.17, 15) is 0 Å². The van der Waals surface area contributed by atoms with Crippen molar-refractivity contribution in [1.29, 1.82) is 0 Å². The van der Waals surface area contributed by atoms with Gasteiger partial charge < -0.3 is 0 Å². The molecule has 16 heavy (non-hydrogen) atoms. The summed E-state index contributed by atoms with van der Waals surface area (Å²) in [5.74, 6) is 0. The highest BCUT2D eigenvalue weighted by atomic mass is 14.0. The van der Waals surface area contributed by atoms with Crippen molar-refractivity contribution in [3.8, 4) is 0 Å². The average Bonchev–Trinajstić information content (AvgIpc) is 2.31. The number of benzene rings is 1. The Bertz CT molecular complexity index is 445. The Kier molecular flexibility index (Phi) is 4.53. The Hall–Kier alpha value is -1.82. The molecule has 0 aliphatic rings. The predicted octanol–water partition coefficient (Wildman–Crippen LogP) is 4.70. The molecule has 1 aromatic carbocycles. The van der Waals surface area contributed by atoms with Gasteiger partial charge >= 0.3 is 0 Å². The van der Waals surface area contributed by atoms with Gasteiger partial charge in [0, 0.05) is 0 Å². The molecule has 0 heteroatoms. The zero-order chi connectivity index (χ0) is 12.0. The van der Waals surface area contributed by atoms with E-state index in [4.69, 9.17) is 0 Å². The fourth-order valence-corrected chi connectivity index (χ4v) is 1.43. The molecule has 82 valence electrons. The normalized spacial score (nSPS) is 12.4. The highest BCUT2D eigenvalue weighted by molar-refractivity contribution is 5.58. The van der Waals surface area contributed by atoms with Crippen LogP contribution in [0.2, 0.25) is 0 Å². The Balaban J connectivity index is 3.01. The SMILES string of the molecule is C=C/C(C)=C(C=C)/C=C\c1ccccc1C. The Labute approximate surface area is 98.3 Å². The number of aryl methyl sites for hydroxylation is 1. The lowest BCUT2D eigenvalue weighted by Crippen LogP contribution is -1.80. The maximum Gasteiger partial charge on any atom is -0.0227 e. The molecule has 0 unspecified atom stereocenters. The highest BCUT2D eigenvalue weighted by Crippen LogP contribution is 2.13. The first-order valence-electron chi connectivity index (χ1n) is 5.38. The van der Waals surface area contributed by atoms with Crippen LogP contribution >= 0.6 is 0 Å². The second-order valence-corrected chi connectivity index (χ2v) is 3.74. The molecule has 0 heterocycles. The van der Waals surface area contributed by atoms with Crippen LogP contribution in [0.4, 0.5) is 0 Å². The third-order valence-electron chi connectivity index (χ3n) is 2.61. The van der Waals surface area contributed by atoms with Gasteiger partial charge in [-0.3, -0.25) is 0 Å². The van der Waals surface area contributed by atoms with E-state index in [1.165, 1.54) is 11.1 Å². The first-order chi connectivity index (χ1) is 7.69. The predicted molar refractivity (Wildman–Crippen MR) is 73.3 cm³/mol. The summed E-state index contributed by atoms with van der Waals surface area (Å²) in [7, 11) is 0. The van der Waals surface area contributed by atoms with E-state index in [-0.39, 0.29) is 0 Å². The molecule has 1 rings (SSSR count). The maximum absolute atomic E-state index is 3.81. The van der Waals surface area contributed by atoms with E-state index < -0.39 is 0 Å². The van der Waals surface area contributed by atoms with Gasteiger partial charge in [0.05, 0.1) is 0 Å². The Morgan fingerprint density at radius 3 is 2.38 bits per heavy atom. The van der Waals surface area contributed by atoms with Crippen LogP contribution in [0.1, 0.15) is 18.1 Å². The zero-order valence-corrected chi connectivity index (χ0v) is 10.0. The number of allylic oxidation sites excluding steroid dienone is 5. The van der Waals surface area contributed by atoms with Gasteiger partial charge in [-0.1, -0.05) is 61.7 Å². The molecule has 0 atom stereocenters. The summed E-state index contributed by atoms with van der Waals surface area (Å²) < 4.78 is 0. The van der Waals surface area contributed by atoms with E-state index in [0.717, 1.165) is 11.1 Å². The monoisotopic (exact) mass is 210 g/mol. The van der Waals surface area contributed by atoms with Crippen molar-refractivity contribution in [3.63, 3.8) is 0 Å². The van der Waals surface area contributed by atoms with Crippen molar-refractivity contribution in [3.05, 3.63) is 77.9 Å². The lowest BCUT2D eigenvalue weighted by atomic mass is 10.0. The summed E-state index contributed by atoms with van der Waals surface area (Å²) in [5, 5.41) is 0. The molecule has 1 aromatic rings. The van der Waals surface area contributed by atoms with Gasteiger partial charge in [-0.15, -0.1) is 0 Å². The standard InChI is InChI=1S/C16H18/c1-5-13(3)15(6-2)11-12-16-10-8-7-9-14(16)4/h5-12H,1-2H2,3-4H3/b12-11-,15-13+. The Morgan fingerprint density at radius 2 is 1.81 bits per heavy atom. The molecule has 0 N–H and O–H groups in total. The van der Waals surface area contributed by atoms with Gasteiger partial charge in [0.25, 0.3) is 0 Å². The van der Waals surface area contributed by atoms with Gasteiger partial charge in [0.1, 0.15) is 0 Å². The summed E-state index contributed by atoms with van der Waals surface area (Å²) in [4.78, 5) is 0. The van der Waals surface area contributed by atoms with Gasteiger partial charge in [0.2, 0.25) is 0 Å². The molecule has 0 amide bonds. The van der Waals surface area contributed by atoms with Crippen LogP contribution in [0.3, 0.4) is 0 Å². The molecule has 0 bridgehead atoms. The van der Waals surface area contributed by atoms with E-state index in [2.05, 4.69) is 44.4 Å². The minimum atomic E-state index is 1.11. The molecule has 0 aliphatic heterocycles. The highest BCUT2D eigenvalue weighted by Gasteiger charge is 1.93. The van der Waals surface area contributed by atoms with E-state index >= 15 is 0 Å². The molecular weight excluding hydrogens is 192 g/mol. The Morgan fingerprint density at radius 1 is 1.12 bits per heavy atom. The van der Waals surface area contributed by atoms with Crippen molar-refractivity contribution in [1.82, 2.24) is 0 Å². The average molecular weight is 210 g/mol. The van der Waals surface area contributed by atoms with Crippen molar-refractivity contribution in [2.75, 3.05) is 0 Å². The third-order valence-corrected chi connectivity index (χ3v) is 2.61. The minimum absolute atomic E-state index is 1.11. The molecule has 0 aromatic heterocycles. The molecule has 0 fully saturated rings. The molecule has 0 nitrogen and oxygen atoms in total. The second-order valence-electron chi connectivity index (χ2n) is 3.74. The lowest BCUT2D eigenvalue weighted by Gasteiger charge is -2.00. The third kappa shape index (κ3) is 3.09. The van der Waals surface area contributed by atoms with E-state index in [1.807, 2.05) is 31.2 Å². The molecule has 0 saturated heterocycles. The zero-order valence-electron chi connectivity index (χ0n) is 10.0. The topological polar surface area (TPSA) is 0 Å². The first kappa shape index (κ1) is 12.3. The van der Waals surface area contributed by atoms with Crippen LogP contribution in [-0.2, 0) is 0 Å². The molecular formula is C16H18. The van der Waals surface area contributed by atoms with E-state index in [0.29, 0.717) is 0 Å². The van der Waals surface area contributed by atoms with Crippen molar-refractivity contribution >= 4 is 6.08 Å². The van der Waals surface area contributed by atoms with Crippen molar-refractivity contribution < 1.29 is 0 Å². The van der Waals surface area contributed by atoms with E-state index in [1.54, 1.807) is 0 Å². The summed E-state index contributed by atoms with van der Waals surface area (Å²) in [6.07, 6.45) is 7.89. The van der Waals surface area contributed by atoms with Crippen LogP contribution in [-0.4, -0.2) is 0 Å². The van der Waals surface area contributed by atoms with Gasteiger partial charge in [0.15, 0.2) is 0 Å². The van der Waals surface area contributed by atoms with Crippen LogP contribution < -0.4 is 0 Å². The second kappa shape index (κ2) is 5.92. The molecule has 0 saturated carbocycles. The van der Waals surface area contributed by atoms with Crippen LogP contribution in [0.15, 0.2) is 66.8 Å². The minimum Gasteiger partial charge on any atom is -0.0988 e. The fourth-order valence-electron chi connectivity index (χ4n) is 1.43. The summed E-state index contributed by atoms with van der Waals surface area (Å²) >= 11 is 0. The van der Waals surface area contributed by atoms with Crippen LogP contribution in [0.25, 0.3) is 6.08 Å². The fraction of sp³-hybridized carbons (Fsp3) is 0.125. The smallest absolute Gasteiger partial charge is 0.0227 e. The maximum atomic E-state index is 3.81. The van der Waals surface area contributed by atoms with Gasteiger partial charge in [-0.2, -0.15) is 0 Å². The van der Waals surface area contributed by atoms with Crippen LogP contribution in [0.5, 0.6) is 0 Å². The largest absolute Gasteiger partial charge is 0.0988 e. The number of hydrogen-bond acceptors (Lipinski definition) is 0. The molecule has 0 radical (unpaired) electrons. The summed E-state index contributed by atoms with van der Waals surface area (Å²) in [6, 6.07) is 8.31. The summed E-state index contributed by atoms with van der Waals surface area (Å²) in [6.45, 7) is 11.7. The van der Waals surface area contributed by atoms with Crippen molar-refractivity contribution in [2.45, 2.75) is 13.8 Å². The number of rotatable bonds is 4. The lowest BCUT2D eigenvalue weighted by molar-refractivity contribution is 1.43. The molecule has 0 aliphatic carbocycles. The van der Waals surface area contributed by atoms with Crippen LogP contribution in [0, 0.1) is 6.92 Å². The quantitative estimate of drug-likeness (QED) is 0.632. The van der Waals surface area contributed by atoms with Crippen molar-refractivity contribution in [2.24, 2.45) is 0 Å².